The minimum Gasteiger partial charge on any atom is -0.359 e. The maximum atomic E-state index is 4.54. The zero-order valence-electron chi connectivity index (χ0n) is 15.6. The molecule has 0 amide bonds. The van der Waals surface area contributed by atoms with E-state index >= 15 is 0 Å². The third kappa shape index (κ3) is 3.58. The molecular formula is C21H27N5. The topological polar surface area (TPSA) is 48.1 Å². The van der Waals surface area contributed by atoms with Gasteiger partial charge in [0.2, 0.25) is 0 Å². The number of rotatable bonds is 5. The average molecular weight is 349 g/mol. The van der Waals surface area contributed by atoms with Gasteiger partial charge in [0.05, 0.1) is 5.39 Å². The van der Waals surface area contributed by atoms with Crippen LogP contribution in [0.4, 0.5) is 5.82 Å². The second kappa shape index (κ2) is 7.46. The quantitative estimate of drug-likeness (QED) is 0.765. The SMILES string of the molecule is CC1CCN(Cc2ccccc2)CC1CN(C)c1ncnc2[nH]ccc12. The fraction of sp³-hybridized carbons (Fsp3) is 0.429. The fourth-order valence-electron chi connectivity index (χ4n) is 4.05. The third-order valence-corrected chi connectivity index (χ3v) is 5.65. The molecule has 4 rings (SSSR count). The number of benzene rings is 1. The van der Waals surface area contributed by atoms with E-state index in [1.807, 2.05) is 6.20 Å². The van der Waals surface area contributed by atoms with Crippen molar-refractivity contribution in [2.45, 2.75) is 19.9 Å². The van der Waals surface area contributed by atoms with Crippen LogP contribution in [0.3, 0.4) is 0 Å². The monoisotopic (exact) mass is 349 g/mol. The van der Waals surface area contributed by atoms with Gasteiger partial charge in [-0.1, -0.05) is 37.3 Å². The van der Waals surface area contributed by atoms with Gasteiger partial charge in [0, 0.05) is 32.9 Å². The predicted molar refractivity (Wildman–Crippen MR) is 106 cm³/mol. The van der Waals surface area contributed by atoms with E-state index < -0.39 is 0 Å². The van der Waals surface area contributed by atoms with Crippen LogP contribution in [0.5, 0.6) is 0 Å². The van der Waals surface area contributed by atoms with Crippen LogP contribution in [0.15, 0.2) is 48.9 Å². The summed E-state index contributed by atoms with van der Waals surface area (Å²) >= 11 is 0. The van der Waals surface area contributed by atoms with Crippen LogP contribution < -0.4 is 4.90 Å². The Balaban J connectivity index is 1.45. The molecule has 1 aliphatic rings. The zero-order chi connectivity index (χ0) is 17.9. The van der Waals surface area contributed by atoms with E-state index in [-0.39, 0.29) is 0 Å². The first-order valence-electron chi connectivity index (χ1n) is 9.46. The maximum absolute atomic E-state index is 4.54. The van der Waals surface area contributed by atoms with Crippen molar-refractivity contribution in [2.24, 2.45) is 11.8 Å². The van der Waals surface area contributed by atoms with E-state index in [2.05, 4.69) is 75.1 Å². The van der Waals surface area contributed by atoms with Gasteiger partial charge in [-0.2, -0.15) is 0 Å². The van der Waals surface area contributed by atoms with E-state index in [0.29, 0.717) is 5.92 Å². The summed E-state index contributed by atoms with van der Waals surface area (Å²) in [6.45, 7) is 6.78. The van der Waals surface area contributed by atoms with Crippen LogP contribution in [0.25, 0.3) is 11.0 Å². The Morgan fingerprint density at radius 2 is 2.04 bits per heavy atom. The Labute approximate surface area is 155 Å². The Kier molecular flexibility index (Phi) is 4.89. The van der Waals surface area contributed by atoms with Crippen LogP contribution in [0, 0.1) is 11.8 Å². The zero-order valence-corrected chi connectivity index (χ0v) is 15.6. The van der Waals surface area contributed by atoms with Crippen molar-refractivity contribution < 1.29 is 0 Å². The van der Waals surface area contributed by atoms with Crippen LogP contribution in [0.2, 0.25) is 0 Å². The lowest BCUT2D eigenvalue weighted by Gasteiger charge is -2.39. The fourth-order valence-corrected chi connectivity index (χ4v) is 4.05. The Hall–Kier alpha value is -2.40. The first kappa shape index (κ1) is 17.0. The molecule has 1 aromatic carbocycles. The Bertz CT molecular complexity index is 844. The van der Waals surface area contributed by atoms with Crippen LogP contribution in [-0.4, -0.2) is 46.5 Å². The molecule has 0 saturated carbocycles. The first-order chi connectivity index (χ1) is 12.7. The summed E-state index contributed by atoms with van der Waals surface area (Å²) in [5.41, 5.74) is 2.31. The third-order valence-electron chi connectivity index (χ3n) is 5.65. The number of hydrogen-bond donors (Lipinski definition) is 1. The summed E-state index contributed by atoms with van der Waals surface area (Å²) in [6.07, 6.45) is 4.84. The van der Waals surface area contributed by atoms with E-state index in [1.54, 1.807) is 6.33 Å². The molecular weight excluding hydrogens is 322 g/mol. The van der Waals surface area contributed by atoms with Crippen LogP contribution in [-0.2, 0) is 6.54 Å². The van der Waals surface area contributed by atoms with Gasteiger partial charge in [-0.05, 0) is 36.4 Å². The molecule has 3 aromatic rings. The van der Waals surface area contributed by atoms with Gasteiger partial charge in [-0.25, -0.2) is 9.97 Å². The minimum atomic E-state index is 0.640. The van der Waals surface area contributed by atoms with Gasteiger partial charge in [0.15, 0.2) is 0 Å². The molecule has 136 valence electrons. The number of nitrogens with zero attached hydrogens (tertiary/aromatic N) is 4. The van der Waals surface area contributed by atoms with Gasteiger partial charge in [-0.15, -0.1) is 0 Å². The standard InChI is InChI=1S/C21H27N5/c1-16-9-11-26(12-17-6-4-3-5-7-17)14-18(16)13-25(2)21-19-8-10-22-20(19)23-15-24-21/h3-8,10,15-16,18H,9,11-14H2,1-2H3,(H,22,23,24). The summed E-state index contributed by atoms with van der Waals surface area (Å²) in [5.74, 6) is 2.39. The Morgan fingerprint density at radius 1 is 1.19 bits per heavy atom. The molecule has 26 heavy (non-hydrogen) atoms. The van der Waals surface area contributed by atoms with Crippen molar-refractivity contribution in [3.05, 3.63) is 54.5 Å². The van der Waals surface area contributed by atoms with E-state index in [4.69, 9.17) is 0 Å². The second-order valence-electron chi connectivity index (χ2n) is 7.56. The molecule has 0 radical (unpaired) electrons. The van der Waals surface area contributed by atoms with Crippen LogP contribution >= 0.6 is 0 Å². The molecule has 1 fully saturated rings. The maximum Gasteiger partial charge on any atom is 0.142 e. The average Bonchev–Trinajstić information content (AvgIpc) is 3.14. The molecule has 3 heterocycles. The summed E-state index contributed by atoms with van der Waals surface area (Å²) in [4.78, 5) is 16.9. The molecule has 5 nitrogen and oxygen atoms in total. The number of nitrogens with one attached hydrogen (secondary N) is 1. The lowest BCUT2D eigenvalue weighted by atomic mass is 9.86. The van der Waals surface area contributed by atoms with Crippen molar-refractivity contribution in [2.75, 3.05) is 31.6 Å². The highest BCUT2D eigenvalue weighted by Gasteiger charge is 2.27. The summed E-state index contributed by atoms with van der Waals surface area (Å²) < 4.78 is 0. The van der Waals surface area contributed by atoms with Gasteiger partial charge < -0.3 is 9.88 Å². The van der Waals surface area contributed by atoms with E-state index in [0.717, 1.165) is 42.4 Å². The van der Waals surface area contributed by atoms with Gasteiger partial charge in [0.25, 0.3) is 0 Å². The number of H-pyrrole nitrogens is 1. The highest BCUT2D eigenvalue weighted by atomic mass is 15.2. The highest BCUT2D eigenvalue weighted by Crippen LogP contribution is 2.28. The number of piperidine rings is 1. The van der Waals surface area contributed by atoms with Crippen molar-refractivity contribution in [1.29, 1.82) is 0 Å². The largest absolute Gasteiger partial charge is 0.359 e. The van der Waals surface area contributed by atoms with E-state index in [9.17, 15) is 0 Å². The second-order valence-corrected chi connectivity index (χ2v) is 7.56. The minimum absolute atomic E-state index is 0.640. The normalized spacial score (nSPS) is 21.2. The number of anilines is 1. The molecule has 0 aliphatic carbocycles. The van der Waals surface area contributed by atoms with Crippen molar-refractivity contribution >= 4 is 16.9 Å². The number of fused-ring (bicyclic) bond motifs is 1. The molecule has 2 atom stereocenters. The Morgan fingerprint density at radius 3 is 2.88 bits per heavy atom. The summed E-state index contributed by atoms with van der Waals surface area (Å²) in [7, 11) is 2.15. The van der Waals surface area contributed by atoms with Gasteiger partial charge in [-0.3, -0.25) is 4.90 Å². The van der Waals surface area contributed by atoms with Crippen molar-refractivity contribution in [3.63, 3.8) is 0 Å². The number of aromatic amines is 1. The molecule has 1 saturated heterocycles. The number of aromatic nitrogens is 3. The lowest BCUT2D eigenvalue weighted by molar-refractivity contribution is 0.125. The predicted octanol–water partition coefficient (Wildman–Crippen LogP) is 3.55. The van der Waals surface area contributed by atoms with E-state index in [1.165, 1.54) is 18.5 Å². The van der Waals surface area contributed by atoms with Crippen LogP contribution in [0.1, 0.15) is 18.9 Å². The van der Waals surface area contributed by atoms with Gasteiger partial charge in [0.1, 0.15) is 17.8 Å². The van der Waals surface area contributed by atoms with Crippen molar-refractivity contribution in [3.8, 4) is 0 Å². The molecule has 0 bridgehead atoms. The number of hydrogen-bond acceptors (Lipinski definition) is 4. The molecule has 5 heteroatoms. The first-order valence-corrected chi connectivity index (χ1v) is 9.46. The molecule has 2 unspecified atom stereocenters. The number of likely N-dealkylation sites (tertiary alicyclic amines) is 1. The summed E-state index contributed by atoms with van der Waals surface area (Å²) in [6, 6.07) is 12.9. The molecule has 1 N–H and O–H groups in total. The lowest BCUT2D eigenvalue weighted by Crippen LogP contribution is -2.43. The summed E-state index contributed by atoms with van der Waals surface area (Å²) in [5, 5.41) is 1.10. The molecule has 1 aliphatic heterocycles. The smallest absolute Gasteiger partial charge is 0.142 e. The molecule has 0 spiro atoms. The van der Waals surface area contributed by atoms with Gasteiger partial charge >= 0.3 is 0 Å². The van der Waals surface area contributed by atoms with Crippen molar-refractivity contribution in [1.82, 2.24) is 19.9 Å². The molecule has 2 aromatic heterocycles. The highest BCUT2D eigenvalue weighted by molar-refractivity contribution is 5.87.